The summed E-state index contributed by atoms with van der Waals surface area (Å²) in [5.74, 6) is 0.0392. The van der Waals surface area contributed by atoms with Gasteiger partial charge in [-0.3, -0.25) is 4.79 Å². The summed E-state index contributed by atoms with van der Waals surface area (Å²) < 4.78 is 0. The molecule has 0 atom stereocenters. The molecule has 0 saturated carbocycles. The van der Waals surface area contributed by atoms with Crippen molar-refractivity contribution < 1.29 is 9.90 Å². The minimum absolute atomic E-state index is 0.145. The smallest absolute Gasteiger partial charge is 0.255 e. The van der Waals surface area contributed by atoms with Crippen LogP contribution in [0, 0.1) is 0 Å². The number of carbonyl (C=O) groups is 1. The summed E-state index contributed by atoms with van der Waals surface area (Å²) in [7, 11) is 0. The molecule has 3 aromatic rings. The molecule has 0 aliphatic heterocycles. The molecule has 24 heavy (non-hydrogen) atoms. The van der Waals surface area contributed by atoms with E-state index in [0.717, 1.165) is 30.0 Å². The molecule has 0 heterocycles. The van der Waals surface area contributed by atoms with Gasteiger partial charge in [0, 0.05) is 16.6 Å². The van der Waals surface area contributed by atoms with Gasteiger partial charge in [0.2, 0.25) is 0 Å². The number of aryl methyl sites for hydroxylation is 1. The lowest BCUT2D eigenvalue weighted by atomic mass is 10.1. The normalized spacial score (nSPS) is 10.7. The van der Waals surface area contributed by atoms with Crippen LogP contribution < -0.4 is 5.32 Å². The highest BCUT2D eigenvalue weighted by Crippen LogP contribution is 2.27. The van der Waals surface area contributed by atoms with Crippen LogP contribution in [0.15, 0.2) is 60.7 Å². The fourth-order valence-electron chi connectivity index (χ4n) is 2.77. The zero-order valence-electron chi connectivity index (χ0n) is 13.8. The van der Waals surface area contributed by atoms with Gasteiger partial charge in [-0.15, -0.1) is 0 Å². The van der Waals surface area contributed by atoms with Gasteiger partial charge in [0.15, 0.2) is 0 Å². The Hall–Kier alpha value is -2.81. The summed E-state index contributed by atoms with van der Waals surface area (Å²) in [6.07, 6.45) is 3.36. The maximum absolute atomic E-state index is 12.5. The molecule has 122 valence electrons. The third kappa shape index (κ3) is 3.57. The van der Waals surface area contributed by atoms with E-state index in [1.165, 1.54) is 5.56 Å². The molecule has 0 aliphatic rings. The van der Waals surface area contributed by atoms with E-state index in [2.05, 4.69) is 12.2 Å². The third-order valence-electron chi connectivity index (χ3n) is 4.15. The van der Waals surface area contributed by atoms with E-state index in [4.69, 9.17) is 0 Å². The van der Waals surface area contributed by atoms with Crippen molar-refractivity contribution in [2.24, 2.45) is 0 Å². The Morgan fingerprint density at radius 3 is 2.58 bits per heavy atom. The quantitative estimate of drug-likeness (QED) is 0.684. The van der Waals surface area contributed by atoms with Crippen molar-refractivity contribution in [3.8, 4) is 5.75 Å². The predicted octanol–water partition coefficient (Wildman–Crippen LogP) is 5.14. The van der Waals surface area contributed by atoms with Gasteiger partial charge in [0.05, 0.1) is 0 Å². The molecular weight excluding hydrogens is 298 g/mol. The van der Waals surface area contributed by atoms with E-state index in [-0.39, 0.29) is 11.7 Å². The van der Waals surface area contributed by atoms with E-state index in [9.17, 15) is 9.90 Å². The van der Waals surface area contributed by atoms with Crippen LogP contribution in [0.5, 0.6) is 5.75 Å². The fourth-order valence-corrected chi connectivity index (χ4v) is 2.77. The molecule has 0 aliphatic carbocycles. The molecule has 0 fully saturated rings. The zero-order chi connectivity index (χ0) is 16.9. The number of amides is 1. The molecule has 3 heteroatoms. The van der Waals surface area contributed by atoms with Crippen molar-refractivity contribution >= 4 is 22.4 Å². The number of phenols is 1. The summed E-state index contributed by atoms with van der Waals surface area (Å²) in [6, 6.07) is 18.6. The van der Waals surface area contributed by atoms with E-state index in [1.54, 1.807) is 12.1 Å². The molecule has 3 aromatic carbocycles. The summed E-state index contributed by atoms with van der Waals surface area (Å²) in [5, 5.41) is 14.4. The van der Waals surface area contributed by atoms with Gasteiger partial charge in [0.25, 0.3) is 5.91 Å². The first kappa shape index (κ1) is 16.1. The molecule has 2 N–H and O–H groups in total. The van der Waals surface area contributed by atoms with Crippen molar-refractivity contribution in [1.29, 1.82) is 0 Å². The molecule has 0 spiro atoms. The van der Waals surface area contributed by atoms with Crippen LogP contribution in [0.3, 0.4) is 0 Å². The number of phenolic OH excluding ortho intramolecular Hbond substituents is 1. The summed E-state index contributed by atoms with van der Waals surface area (Å²) >= 11 is 0. The Bertz CT molecular complexity index is 853. The number of benzene rings is 3. The van der Waals surface area contributed by atoms with Crippen molar-refractivity contribution in [2.75, 3.05) is 5.32 Å². The monoisotopic (exact) mass is 319 g/mol. The van der Waals surface area contributed by atoms with Crippen LogP contribution in [0.1, 0.15) is 35.7 Å². The Morgan fingerprint density at radius 1 is 1.04 bits per heavy atom. The van der Waals surface area contributed by atoms with Crippen molar-refractivity contribution in [3.63, 3.8) is 0 Å². The average molecular weight is 319 g/mol. The first-order chi connectivity index (χ1) is 11.7. The summed E-state index contributed by atoms with van der Waals surface area (Å²) in [6.45, 7) is 2.17. The van der Waals surface area contributed by atoms with Crippen LogP contribution in [0.4, 0.5) is 5.69 Å². The lowest BCUT2D eigenvalue weighted by molar-refractivity contribution is 0.102. The minimum atomic E-state index is -0.145. The van der Waals surface area contributed by atoms with E-state index in [0.29, 0.717) is 11.3 Å². The number of fused-ring (bicyclic) bond motifs is 1. The molecule has 0 bridgehead atoms. The second kappa shape index (κ2) is 7.18. The number of carbonyl (C=O) groups excluding carboxylic acids is 1. The van der Waals surface area contributed by atoms with Gasteiger partial charge in [-0.2, -0.15) is 0 Å². The number of aromatic hydroxyl groups is 1. The maximum atomic E-state index is 12.5. The minimum Gasteiger partial charge on any atom is -0.508 e. The van der Waals surface area contributed by atoms with Gasteiger partial charge in [-0.25, -0.2) is 0 Å². The molecule has 1 amide bonds. The Balaban J connectivity index is 1.81. The summed E-state index contributed by atoms with van der Waals surface area (Å²) in [4.78, 5) is 12.5. The SMILES string of the molecule is CCCCc1ccc(C(=O)Nc2cccc3ccc(O)cc23)cc1. The largest absolute Gasteiger partial charge is 0.508 e. The average Bonchev–Trinajstić information content (AvgIpc) is 2.61. The number of hydrogen-bond acceptors (Lipinski definition) is 2. The van der Waals surface area contributed by atoms with E-state index >= 15 is 0 Å². The molecule has 0 unspecified atom stereocenters. The van der Waals surface area contributed by atoms with E-state index < -0.39 is 0 Å². The Morgan fingerprint density at radius 2 is 1.83 bits per heavy atom. The van der Waals surface area contributed by atoms with Gasteiger partial charge in [-0.1, -0.05) is 43.7 Å². The van der Waals surface area contributed by atoms with Crippen LogP contribution in [-0.4, -0.2) is 11.0 Å². The standard InChI is InChI=1S/C21H21NO2/c1-2-3-5-15-8-10-17(11-9-15)21(24)22-20-7-4-6-16-12-13-18(23)14-19(16)20/h4,6-14,23H,2-3,5H2,1H3,(H,22,24). The Labute approximate surface area is 142 Å². The lowest BCUT2D eigenvalue weighted by Crippen LogP contribution is -2.12. The maximum Gasteiger partial charge on any atom is 0.255 e. The fraction of sp³-hybridized carbons (Fsp3) is 0.190. The molecule has 0 radical (unpaired) electrons. The highest BCUT2D eigenvalue weighted by molar-refractivity contribution is 6.09. The molecule has 3 nitrogen and oxygen atoms in total. The number of nitrogens with one attached hydrogen (secondary N) is 1. The van der Waals surface area contributed by atoms with Crippen molar-refractivity contribution in [3.05, 3.63) is 71.8 Å². The number of rotatable bonds is 5. The van der Waals surface area contributed by atoms with Crippen LogP contribution in [-0.2, 0) is 6.42 Å². The van der Waals surface area contributed by atoms with Gasteiger partial charge >= 0.3 is 0 Å². The number of anilines is 1. The third-order valence-corrected chi connectivity index (χ3v) is 4.15. The molecule has 0 saturated heterocycles. The Kier molecular flexibility index (Phi) is 4.80. The molecule has 3 rings (SSSR count). The van der Waals surface area contributed by atoms with Crippen molar-refractivity contribution in [1.82, 2.24) is 0 Å². The van der Waals surface area contributed by atoms with Gasteiger partial charge < -0.3 is 10.4 Å². The highest BCUT2D eigenvalue weighted by Gasteiger charge is 2.09. The first-order valence-electron chi connectivity index (χ1n) is 8.29. The van der Waals surface area contributed by atoms with Gasteiger partial charge in [0.1, 0.15) is 5.75 Å². The first-order valence-corrected chi connectivity index (χ1v) is 8.29. The molecular formula is C21H21NO2. The van der Waals surface area contributed by atoms with Gasteiger partial charge in [-0.05, 0) is 54.1 Å². The second-order valence-corrected chi connectivity index (χ2v) is 5.97. The van der Waals surface area contributed by atoms with Crippen LogP contribution >= 0.6 is 0 Å². The second-order valence-electron chi connectivity index (χ2n) is 5.97. The van der Waals surface area contributed by atoms with Crippen LogP contribution in [0.25, 0.3) is 10.8 Å². The topological polar surface area (TPSA) is 49.3 Å². The summed E-state index contributed by atoms with van der Waals surface area (Å²) in [5.41, 5.74) is 2.58. The highest BCUT2D eigenvalue weighted by atomic mass is 16.3. The van der Waals surface area contributed by atoms with E-state index in [1.807, 2.05) is 48.5 Å². The predicted molar refractivity (Wildman–Crippen MR) is 98.6 cm³/mol. The number of unbranched alkanes of at least 4 members (excludes halogenated alkanes) is 1. The molecule has 0 aromatic heterocycles. The van der Waals surface area contributed by atoms with Crippen LogP contribution in [0.2, 0.25) is 0 Å². The number of hydrogen-bond donors (Lipinski definition) is 2. The lowest BCUT2D eigenvalue weighted by Gasteiger charge is -2.10. The van der Waals surface area contributed by atoms with Crippen molar-refractivity contribution in [2.45, 2.75) is 26.2 Å². The zero-order valence-corrected chi connectivity index (χ0v) is 13.8.